The molecule has 0 radical (unpaired) electrons. The molecular formula is C24H37ClF3NO. The summed E-state index contributed by atoms with van der Waals surface area (Å²) in [7, 11) is 0. The Balaban J connectivity index is 2.63. The quantitative estimate of drug-likeness (QED) is 0.184. The first-order chi connectivity index (χ1) is 14.0. The van der Waals surface area contributed by atoms with Crippen molar-refractivity contribution in [2.45, 2.75) is 109 Å². The standard InChI is InChI=1S/C24H37ClF3NO/c1-5-7-8-9-10-11-16-23(25,6-2)19(4)29-22(30)18(3)17-20-12-14-21(15-13-20)24(26,27)28/h12,14,17,19H,5-11,13,15-16H2,1-4H3,(H,29,30)/b18-17+. The monoisotopic (exact) mass is 447 g/mol. The molecule has 2 atom stereocenters. The van der Waals surface area contributed by atoms with Crippen molar-refractivity contribution in [2.24, 2.45) is 0 Å². The van der Waals surface area contributed by atoms with E-state index in [0.717, 1.165) is 37.3 Å². The van der Waals surface area contributed by atoms with Gasteiger partial charge in [-0.05, 0) is 45.1 Å². The second kappa shape index (κ2) is 12.6. The van der Waals surface area contributed by atoms with Gasteiger partial charge in [0.05, 0.1) is 4.87 Å². The molecule has 0 saturated heterocycles. The average Bonchev–Trinajstić information content (AvgIpc) is 2.69. The molecule has 1 rings (SSSR count). The number of hydrogen-bond acceptors (Lipinski definition) is 1. The number of carbonyl (C=O) groups is 1. The van der Waals surface area contributed by atoms with E-state index in [4.69, 9.17) is 11.6 Å². The zero-order valence-electron chi connectivity index (χ0n) is 18.8. The molecule has 0 aromatic heterocycles. The number of hydrogen-bond donors (Lipinski definition) is 1. The molecule has 2 nitrogen and oxygen atoms in total. The van der Waals surface area contributed by atoms with Gasteiger partial charge >= 0.3 is 6.18 Å². The van der Waals surface area contributed by atoms with Gasteiger partial charge in [0.1, 0.15) is 0 Å². The molecule has 1 aliphatic carbocycles. The van der Waals surface area contributed by atoms with Crippen LogP contribution in [0.25, 0.3) is 0 Å². The Morgan fingerprint density at radius 1 is 1.13 bits per heavy atom. The highest BCUT2D eigenvalue weighted by Crippen LogP contribution is 2.34. The Kier molecular flexibility index (Phi) is 11.2. The molecule has 0 aromatic carbocycles. The van der Waals surface area contributed by atoms with E-state index in [-0.39, 0.29) is 24.8 Å². The van der Waals surface area contributed by atoms with E-state index in [2.05, 4.69) is 12.2 Å². The molecule has 1 aliphatic rings. The maximum atomic E-state index is 12.7. The Morgan fingerprint density at radius 3 is 2.30 bits per heavy atom. The van der Waals surface area contributed by atoms with Gasteiger partial charge < -0.3 is 5.32 Å². The van der Waals surface area contributed by atoms with Gasteiger partial charge in [0.25, 0.3) is 0 Å². The van der Waals surface area contributed by atoms with E-state index in [0.29, 0.717) is 5.57 Å². The predicted octanol–water partition coefficient (Wildman–Crippen LogP) is 7.78. The Hall–Kier alpha value is -1.23. The molecule has 0 bridgehead atoms. The lowest BCUT2D eigenvalue weighted by Gasteiger charge is -2.33. The highest BCUT2D eigenvalue weighted by atomic mass is 35.5. The summed E-state index contributed by atoms with van der Waals surface area (Å²) in [6.07, 6.45) is 8.89. The molecule has 0 fully saturated rings. The van der Waals surface area contributed by atoms with Gasteiger partial charge in [-0.3, -0.25) is 4.79 Å². The van der Waals surface area contributed by atoms with Gasteiger partial charge in [-0.25, -0.2) is 0 Å². The van der Waals surface area contributed by atoms with E-state index < -0.39 is 16.6 Å². The fraction of sp³-hybridized carbons (Fsp3) is 0.708. The summed E-state index contributed by atoms with van der Waals surface area (Å²) < 4.78 is 38.2. The number of rotatable bonds is 12. The summed E-state index contributed by atoms with van der Waals surface area (Å²) in [4.78, 5) is 12.1. The Labute approximate surface area is 185 Å². The Morgan fingerprint density at radius 2 is 1.77 bits per heavy atom. The van der Waals surface area contributed by atoms with Gasteiger partial charge in [-0.2, -0.15) is 13.2 Å². The summed E-state index contributed by atoms with van der Waals surface area (Å²) >= 11 is 6.85. The van der Waals surface area contributed by atoms with E-state index >= 15 is 0 Å². The summed E-state index contributed by atoms with van der Waals surface area (Å²) in [5.74, 6) is -0.226. The van der Waals surface area contributed by atoms with Crippen LogP contribution in [-0.4, -0.2) is 23.0 Å². The van der Waals surface area contributed by atoms with E-state index in [1.54, 1.807) is 13.0 Å². The number of alkyl halides is 4. The second-order valence-corrected chi connectivity index (χ2v) is 9.11. The van der Waals surface area contributed by atoms with Gasteiger partial charge in [0.15, 0.2) is 0 Å². The summed E-state index contributed by atoms with van der Waals surface area (Å²) in [5, 5.41) is 2.99. The lowest BCUT2D eigenvalue weighted by molar-refractivity contribution is -0.118. The molecule has 1 N–H and O–H groups in total. The molecule has 0 aliphatic heterocycles. The highest BCUT2D eigenvalue weighted by Gasteiger charge is 2.34. The van der Waals surface area contributed by atoms with Crippen LogP contribution in [0.15, 0.2) is 34.9 Å². The van der Waals surface area contributed by atoms with Crippen molar-refractivity contribution < 1.29 is 18.0 Å². The Bertz CT molecular complexity index is 651. The number of allylic oxidation sites excluding steroid dienone is 5. The summed E-state index contributed by atoms with van der Waals surface area (Å²) in [6, 6.07) is -0.201. The molecule has 2 unspecified atom stereocenters. The molecule has 172 valence electrons. The van der Waals surface area contributed by atoms with Gasteiger partial charge in [-0.1, -0.05) is 70.6 Å². The van der Waals surface area contributed by atoms with Crippen LogP contribution in [-0.2, 0) is 4.79 Å². The molecule has 0 spiro atoms. The second-order valence-electron chi connectivity index (χ2n) is 8.36. The van der Waals surface area contributed by atoms with Crippen molar-refractivity contribution in [1.82, 2.24) is 5.32 Å². The molecule has 1 amide bonds. The fourth-order valence-electron chi connectivity index (χ4n) is 3.69. The van der Waals surface area contributed by atoms with Gasteiger partial charge in [0, 0.05) is 17.2 Å². The first-order valence-electron chi connectivity index (χ1n) is 11.2. The van der Waals surface area contributed by atoms with Crippen LogP contribution in [0.5, 0.6) is 0 Å². The van der Waals surface area contributed by atoms with E-state index in [9.17, 15) is 18.0 Å². The number of nitrogens with one attached hydrogen (secondary N) is 1. The van der Waals surface area contributed by atoms with Crippen LogP contribution in [0.4, 0.5) is 13.2 Å². The third-order valence-electron chi connectivity index (χ3n) is 5.96. The maximum Gasteiger partial charge on any atom is 0.412 e. The van der Waals surface area contributed by atoms with E-state index in [1.165, 1.54) is 31.8 Å². The topological polar surface area (TPSA) is 29.1 Å². The van der Waals surface area contributed by atoms with Crippen LogP contribution >= 0.6 is 11.6 Å². The highest BCUT2D eigenvalue weighted by molar-refractivity contribution is 6.24. The smallest absolute Gasteiger partial charge is 0.348 e. The third kappa shape index (κ3) is 8.87. The first-order valence-corrected chi connectivity index (χ1v) is 11.6. The zero-order valence-corrected chi connectivity index (χ0v) is 19.6. The number of amides is 1. The predicted molar refractivity (Wildman–Crippen MR) is 120 cm³/mol. The SMILES string of the molecule is CCCCCCCCC(Cl)(CC)C(C)NC(=O)/C(C)=C/C1=CC=C(C(F)(F)F)CC1. The van der Waals surface area contributed by atoms with Crippen molar-refractivity contribution in [3.8, 4) is 0 Å². The zero-order chi connectivity index (χ0) is 22.8. The molecule has 0 heterocycles. The van der Waals surface area contributed by atoms with Gasteiger partial charge in [0.2, 0.25) is 5.91 Å². The number of carbonyl (C=O) groups excluding carboxylic acids is 1. The van der Waals surface area contributed by atoms with Crippen molar-refractivity contribution >= 4 is 17.5 Å². The van der Waals surface area contributed by atoms with Crippen molar-refractivity contribution in [3.05, 3.63) is 34.9 Å². The minimum absolute atomic E-state index is 0.0595. The average molecular weight is 448 g/mol. The normalized spacial score (nSPS) is 18.3. The van der Waals surface area contributed by atoms with Crippen molar-refractivity contribution in [3.63, 3.8) is 0 Å². The third-order valence-corrected chi connectivity index (χ3v) is 6.75. The molecule has 0 saturated carbocycles. The number of halogens is 4. The molecular weight excluding hydrogens is 411 g/mol. The number of unbranched alkanes of at least 4 members (excludes halogenated alkanes) is 5. The van der Waals surface area contributed by atoms with Crippen LogP contribution in [0, 0.1) is 0 Å². The first kappa shape index (κ1) is 26.8. The largest absolute Gasteiger partial charge is 0.412 e. The molecule has 6 heteroatoms. The van der Waals surface area contributed by atoms with Gasteiger partial charge in [-0.15, -0.1) is 11.6 Å². The minimum atomic E-state index is -4.28. The maximum absolute atomic E-state index is 12.7. The summed E-state index contributed by atoms with van der Waals surface area (Å²) in [6.45, 7) is 7.84. The van der Waals surface area contributed by atoms with Crippen molar-refractivity contribution in [1.29, 1.82) is 0 Å². The molecule has 0 aromatic rings. The molecule has 30 heavy (non-hydrogen) atoms. The van der Waals surface area contributed by atoms with Crippen LogP contribution in [0.3, 0.4) is 0 Å². The lowest BCUT2D eigenvalue weighted by Crippen LogP contribution is -2.47. The van der Waals surface area contributed by atoms with Crippen molar-refractivity contribution in [2.75, 3.05) is 0 Å². The summed E-state index contributed by atoms with van der Waals surface area (Å²) in [5.41, 5.74) is 0.676. The minimum Gasteiger partial charge on any atom is -0.348 e. The van der Waals surface area contributed by atoms with E-state index in [1.807, 2.05) is 13.8 Å². The van der Waals surface area contributed by atoms with Crippen LogP contribution in [0.2, 0.25) is 0 Å². The lowest BCUT2D eigenvalue weighted by atomic mass is 9.90. The fourth-order valence-corrected chi connectivity index (χ4v) is 3.88. The van der Waals surface area contributed by atoms with Crippen LogP contribution in [0.1, 0.15) is 91.9 Å². The van der Waals surface area contributed by atoms with Crippen LogP contribution < -0.4 is 5.32 Å².